The molecule has 0 aromatic carbocycles. The van der Waals surface area contributed by atoms with Crippen molar-refractivity contribution in [2.45, 2.75) is 57.4 Å². The molecule has 1 unspecified atom stereocenters. The highest BCUT2D eigenvalue weighted by Gasteiger charge is 2.10. The van der Waals surface area contributed by atoms with Crippen molar-refractivity contribution in [2.24, 2.45) is 0 Å². The number of hydrogen-bond acceptors (Lipinski definition) is 4. The number of rotatable bonds is 9. The van der Waals surface area contributed by atoms with Crippen molar-refractivity contribution < 1.29 is 19.1 Å². The van der Waals surface area contributed by atoms with E-state index in [4.69, 9.17) is 16.3 Å². The Kier molecular flexibility index (Phi) is 9.92. The van der Waals surface area contributed by atoms with E-state index in [2.05, 4.69) is 11.7 Å². The molecule has 100 valence electrons. The minimum absolute atomic E-state index is 0.253. The maximum Gasteiger partial charge on any atom is 0.307 e. The Labute approximate surface area is 108 Å². The highest BCUT2D eigenvalue weighted by Crippen LogP contribution is 2.11. The van der Waals surface area contributed by atoms with E-state index in [1.54, 1.807) is 0 Å². The third-order valence-corrected chi connectivity index (χ3v) is 2.59. The van der Waals surface area contributed by atoms with Gasteiger partial charge in [-0.2, -0.15) is 0 Å². The van der Waals surface area contributed by atoms with Crippen molar-refractivity contribution in [3.8, 4) is 0 Å². The highest BCUT2D eigenvalue weighted by atomic mass is 35.5. The number of ether oxygens (including phenoxy) is 2. The minimum Gasteiger partial charge on any atom is -0.469 e. The number of esters is 2. The fourth-order valence-corrected chi connectivity index (χ4v) is 1.52. The molecule has 0 spiro atoms. The molecule has 0 aromatic heterocycles. The Morgan fingerprint density at radius 3 is 2.24 bits per heavy atom. The molecule has 0 aromatic rings. The van der Waals surface area contributed by atoms with Crippen LogP contribution in [0, 0.1) is 0 Å². The lowest BCUT2D eigenvalue weighted by Crippen LogP contribution is -2.12. The summed E-state index contributed by atoms with van der Waals surface area (Å²) in [7, 11) is 1.35. The van der Waals surface area contributed by atoms with Crippen molar-refractivity contribution in [3.05, 3.63) is 0 Å². The van der Waals surface area contributed by atoms with Gasteiger partial charge in [0.25, 0.3) is 0 Å². The summed E-state index contributed by atoms with van der Waals surface area (Å²) in [6.07, 6.45) is 4.54. The van der Waals surface area contributed by atoms with Crippen LogP contribution in [-0.2, 0) is 19.1 Å². The Morgan fingerprint density at radius 2 is 1.71 bits per heavy atom. The van der Waals surface area contributed by atoms with Crippen LogP contribution in [0.3, 0.4) is 0 Å². The van der Waals surface area contributed by atoms with E-state index in [-0.39, 0.29) is 11.9 Å². The van der Waals surface area contributed by atoms with Crippen LogP contribution in [0.15, 0.2) is 0 Å². The van der Waals surface area contributed by atoms with E-state index in [0.29, 0.717) is 32.1 Å². The summed E-state index contributed by atoms with van der Waals surface area (Å²) in [6, 6.07) is 0. The van der Waals surface area contributed by atoms with Gasteiger partial charge in [-0.1, -0.05) is 24.9 Å². The van der Waals surface area contributed by atoms with Gasteiger partial charge in [0.15, 0.2) is 5.56 Å². The first-order valence-corrected chi connectivity index (χ1v) is 6.44. The molecule has 0 saturated carbocycles. The van der Waals surface area contributed by atoms with Crippen molar-refractivity contribution in [1.82, 2.24) is 0 Å². The van der Waals surface area contributed by atoms with Gasteiger partial charge < -0.3 is 9.47 Å². The molecule has 0 radical (unpaired) electrons. The van der Waals surface area contributed by atoms with Crippen molar-refractivity contribution in [3.63, 3.8) is 0 Å². The summed E-state index contributed by atoms with van der Waals surface area (Å²) >= 11 is 5.82. The quantitative estimate of drug-likeness (QED) is 0.365. The first kappa shape index (κ1) is 16.2. The third kappa shape index (κ3) is 10.1. The molecule has 1 atom stereocenters. The molecule has 0 fully saturated rings. The van der Waals surface area contributed by atoms with Crippen LogP contribution in [0.2, 0.25) is 0 Å². The summed E-state index contributed by atoms with van der Waals surface area (Å²) in [5.74, 6) is -0.553. The Morgan fingerprint density at radius 1 is 1.12 bits per heavy atom. The van der Waals surface area contributed by atoms with Crippen molar-refractivity contribution in [2.75, 3.05) is 7.11 Å². The average molecular weight is 265 g/mol. The van der Waals surface area contributed by atoms with Crippen LogP contribution in [0.4, 0.5) is 0 Å². The lowest BCUT2D eigenvalue weighted by Gasteiger charge is -2.10. The lowest BCUT2D eigenvalue weighted by atomic mass is 10.2. The Hall–Kier alpha value is -0.770. The average Bonchev–Trinajstić information content (AvgIpc) is 2.31. The zero-order chi connectivity index (χ0) is 13.1. The maximum absolute atomic E-state index is 11.3. The van der Waals surface area contributed by atoms with Crippen molar-refractivity contribution >= 4 is 23.5 Å². The number of carbonyl (C=O) groups is 2. The number of methoxy groups -OCH3 is 1. The zero-order valence-corrected chi connectivity index (χ0v) is 11.3. The van der Waals surface area contributed by atoms with E-state index in [1.807, 2.05) is 0 Å². The zero-order valence-electron chi connectivity index (χ0n) is 10.5. The van der Waals surface area contributed by atoms with E-state index < -0.39 is 5.56 Å². The molecule has 0 aliphatic heterocycles. The molecule has 0 aliphatic carbocycles. The van der Waals surface area contributed by atoms with Gasteiger partial charge in [0.1, 0.15) is 0 Å². The second-order valence-electron chi connectivity index (χ2n) is 3.83. The number of hydrogen-bond donors (Lipinski definition) is 0. The molecule has 5 heteroatoms. The summed E-state index contributed by atoms with van der Waals surface area (Å²) in [5, 5.41) is 0. The number of carbonyl (C=O) groups excluding carboxylic acids is 2. The molecule has 0 heterocycles. The van der Waals surface area contributed by atoms with Crippen LogP contribution in [-0.4, -0.2) is 24.6 Å². The van der Waals surface area contributed by atoms with Crippen LogP contribution < -0.4 is 0 Å². The first-order chi connectivity index (χ1) is 8.10. The van der Waals surface area contributed by atoms with Gasteiger partial charge in [-0.3, -0.25) is 9.59 Å². The van der Waals surface area contributed by atoms with Gasteiger partial charge in [0.05, 0.1) is 7.11 Å². The summed E-state index contributed by atoms with van der Waals surface area (Å²) in [4.78, 5) is 22.1. The van der Waals surface area contributed by atoms with E-state index in [9.17, 15) is 9.59 Å². The van der Waals surface area contributed by atoms with Gasteiger partial charge in [-0.25, -0.2) is 0 Å². The van der Waals surface area contributed by atoms with E-state index in [0.717, 1.165) is 12.8 Å². The number of alkyl halides is 1. The SMILES string of the molecule is CCCCC(Cl)OC(=O)CCCCC(=O)OC. The topological polar surface area (TPSA) is 52.6 Å². The molecule has 0 bridgehead atoms. The molecule has 17 heavy (non-hydrogen) atoms. The first-order valence-electron chi connectivity index (χ1n) is 6.00. The third-order valence-electron chi connectivity index (χ3n) is 2.28. The molecule has 0 rings (SSSR count). The standard InChI is InChI=1S/C12H21ClO4/c1-3-4-7-10(13)17-12(15)9-6-5-8-11(14)16-2/h10H,3-9H2,1-2H3. The van der Waals surface area contributed by atoms with Gasteiger partial charge in [-0.05, 0) is 25.7 Å². The monoisotopic (exact) mass is 264 g/mol. The van der Waals surface area contributed by atoms with Crippen LogP contribution >= 0.6 is 11.6 Å². The van der Waals surface area contributed by atoms with Crippen molar-refractivity contribution in [1.29, 1.82) is 0 Å². The number of halogens is 1. The normalized spacial score (nSPS) is 11.9. The van der Waals surface area contributed by atoms with Crippen LogP contribution in [0.5, 0.6) is 0 Å². The summed E-state index contributed by atoms with van der Waals surface area (Å²) in [5.41, 5.74) is -0.525. The van der Waals surface area contributed by atoms with E-state index >= 15 is 0 Å². The van der Waals surface area contributed by atoms with Gasteiger partial charge in [-0.15, -0.1) is 0 Å². The number of unbranched alkanes of at least 4 members (excludes halogenated alkanes) is 2. The molecular formula is C12H21ClO4. The van der Waals surface area contributed by atoms with Gasteiger partial charge in [0.2, 0.25) is 0 Å². The fraction of sp³-hybridized carbons (Fsp3) is 0.833. The molecule has 4 nitrogen and oxygen atoms in total. The van der Waals surface area contributed by atoms with Crippen LogP contribution in [0.1, 0.15) is 51.9 Å². The lowest BCUT2D eigenvalue weighted by molar-refractivity contribution is -0.146. The highest BCUT2D eigenvalue weighted by molar-refractivity contribution is 6.20. The molecule has 0 saturated heterocycles. The summed E-state index contributed by atoms with van der Waals surface area (Å²) < 4.78 is 9.49. The fourth-order valence-electron chi connectivity index (χ4n) is 1.27. The van der Waals surface area contributed by atoms with Crippen LogP contribution in [0.25, 0.3) is 0 Å². The minimum atomic E-state index is -0.525. The largest absolute Gasteiger partial charge is 0.469 e. The summed E-state index contributed by atoms with van der Waals surface area (Å²) in [6.45, 7) is 2.05. The maximum atomic E-state index is 11.3. The Bertz CT molecular complexity index is 231. The predicted molar refractivity (Wildman–Crippen MR) is 65.7 cm³/mol. The Balaban J connectivity index is 3.49. The van der Waals surface area contributed by atoms with Gasteiger partial charge in [0, 0.05) is 12.8 Å². The van der Waals surface area contributed by atoms with Gasteiger partial charge >= 0.3 is 11.9 Å². The molecule has 0 aliphatic rings. The second-order valence-corrected chi connectivity index (χ2v) is 4.31. The molecular weight excluding hydrogens is 244 g/mol. The molecule has 0 N–H and O–H groups in total. The predicted octanol–water partition coefficient (Wildman–Crippen LogP) is 3.02. The molecule has 0 amide bonds. The smallest absolute Gasteiger partial charge is 0.307 e. The van der Waals surface area contributed by atoms with E-state index in [1.165, 1.54) is 7.11 Å². The second kappa shape index (κ2) is 10.4.